The highest BCUT2D eigenvalue weighted by Gasteiger charge is 2.29. The molecule has 2 rings (SSSR count). The van der Waals surface area contributed by atoms with Crippen LogP contribution in [0.5, 0.6) is 11.5 Å². The summed E-state index contributed by atoms with van der Waals surface area (Å²) in [7, 11) is -4.06. The Hall–Kier alpha value is -2.17. The van der Waals surface area contributed by atoms with Crippen molar-refractivity contribution in [2.45, 2.75) is 195 Å². The number of rotatable bonds is 18. The average molecular weight is 703 g/mol. The number of benzene rings is 2. The second-order valence-electron chi connectivity index (χ2n) is 16.1. The molecule has 2 aromatic rings. The Morgan fingerprint density at radius 1 is 0.408 bits per heavy atom. The Bertz CT molecular complexity index is 1240. The van der Waals surface area contributed by atoms with Gasteiger partial charge in [0.1, 0.15) is 11.5 Å². The molecule has 8 nitrogen and oxygen atoms in total. The average Bonchev–Trinajstić information content (AvgIpc) is 2.96. The van der Waals surface area contributed by atoms with Gasteiger partial charge >= 0.3 is 0 Å². The van der Waals surface area contributed by atoms with Gasteiger partial charge in [-0.25, -0.2) is 8.42 Å². The predicted octanol–water partition coefficient (Wildman–Crippen LogP) is 8.41. The normalized spacial score (nSPS) is 13.3. The first kappa shape index (κ1) is 43.0. The van der Waals surface area contributed by atoms with Crippen molar-refractivity contribution >= 4 is 9.84 Å². The molecule has 9 heteroatoms. The SMILES string of the molecule is CC(C)N(Cc1cc(S(=O)(=O)c2cc(CN(C(C)C)C(C)C)c(O)c(CN(C(C)C)C(C)C)c2)cc(CN(C(C)C)C(C)C)c1O)C(C)C. The molecule has 0 unspecified atom stereocenters. The number of phenols is 2. The second kappa shape index (κ2) is 17.9. The van der Waals surface area contributed by atoms with Crippen molar-refractivity contribution < 1.29 is 18.6 Å². The van der Waals surface area contributed by atoms with Gasteiger partial charge in [-0.15, -0.1) is 0 Å². The Morgan fingerprint density at radius 2 is 0.571 bits per heavy atom. The molecule has 280 valence electrons. The molecule has 0 saturated heterocycles. The van der Waals surface area contributed by atoms with Crippen LogP contribution in [0.1, 0.15) is 133 Å². The third-order valence-corrected chi connectivity index (χ3v) is 11.5. The van der Waals surface area contributed by atoms with Gasteiger partial charge in [-0.1, -0.05) is 0 Å². The lowest BCUT2D eigenvalue weighted by atomic mass is 10.0. The summed E-state index contributed by atoms with van der Waals surface area (Å²) in [6.45, 7) is 35.6. The van der Waals surface area contributed by atoms with Gasteiger partial charge in [-0.3, -0.25) is 19.6 Å². The van der Waals surface area contributed by atoms with Gasteiger partial charge in [0, 0.05) is 96.8 Å². The van der Waals surface area contributed by atoms with E-state index in [2.05, 4.69) is 130 Å². The van der Waals surface area contributed by atoms with Crippen molar-refractivity contribution in [3.05, 3.63) is 46.5 Å². The Labute approximate surface area is 300 Å². The molecule has 0 atom stereocenters. The van der Waals surface area contributed by atoms with E-state index in [1.807, 2.05) is 0 Å². The maximum atomic E-state index is 14.9. The molecule has 0 aromatic heterocycles. The Morgan fingerprint density at radius 3 is 0.714 bits per heavy atom. The predicted molar refractivity (Wildman–Crippen MR) is 205 cm³/mol. The molecule has 0 amide bonds. The van der Waals surface area contributed by atoms with Crippen molar-refractivity contribution in [3.8, 4) is 11.5 Å². The van der Waals surface area contributed by atoms with E-state index < -0.39 is 9.84 Å². The minimum absolute atomic E-state index is 0.151. The summed E-state index contributed by atoms with van der Waals surface area (Å²) in [5.41, 5.74) is 2.40. The van der Waals surface area contributed by atoms with E-state index >= 15 is 0 Å². The second-order valence-corrected chi connectivity index (χ2v) is 18.1. The van der Waals surface area contributed by atoms with Gasteiger partial charge in [0.15, 0.2) is 0 Å². The zero-order valence-electron chi connectivity index (χ0n) is 33.7. The van der Waals surface area contributed by atoms with Crippen LogP contribution in [0.2, 0.25) is 0 Å². The zero-order valence-corrected chi connectivity index (χ0v) is 34.5. The minimum atomic E-state index is -4.06. The molecule has 0 spiro atoms. The molecule has 0 aliphatic rings. The maximum absolute atomic E-state index is 14.9. The highest BCUT2D eigenvalue weighted by Crippen LogP contribution is 2.37. The summed E-state index contributed by atoms with van der Waals surface area (Å²) < 4.78 is 29.7. The van der Waals surface area contributed by atoms with E-state index in [4.69, 9.17) is 0 Å². The first-order chi connectivity index (χ1) is 22.5. The van der Waals surface area contributed by atoms with E-state index in [-0.39, 0.29) is 69.6 Å². The molecule has 0 heterocycles. The molecule has 0 fully saturated rings. The highest BCUT2D eigenvalue weighted by molar-refractivity contribution is 7.91. The van der Waals surface area contributed by atoms with Gasteiger partial charge in [-0.05, 0) is 135 Å². The van der Waals surface area contributed by atoms with E-state index in [1.165, 1.54) is 0 Å². The molecule has 2 N–H and O–H groups in total. The lowest BCUT2D eigenvalue weighted by Gasteiger charge is -2.33. The standard InChI is InChI=1S/C40H70N4O4S/c1-25(2)41(26(3)4)21-33-17-37(18-34(39(33)45)22-42(27(5)6)28(7)8)49(47,48)38-19-35(23-43(29(9)10)30(11)12)40(46)36(20-38)24-44(31(13)14)32(15)16/h17-20,25-32,45-46H,21-24H2,1-16H3. The fourth-order valence-corrected chi connectivity index (χ4v) is 8.48. The molecule has 49 heavy (non-hydrogen) atoms. The fraction of sp³-hybridized carbons (Fsp3) is 0.700. The van der Waals surface area contributed by atoms with Crippen molar-refractivity contribution in [1.29, 1.82) is 0 Å². The first-order valence-corrected chi connectivity index (χ1v) is 20.0. The van der Waals surface area contributed by atoms with E-state index in [0.717, 1.165) is 0 Å². The van der Waals surface area contributed by atoms with Gasteiger partial charge in [0.2, 0.25) is 9.84 Å². The van der Waals surface area contributed by atoms with Crippen LogP contribution in [0, 0.1) is 0 Å². The van der Waals surface area contributed by atoms with Crippen LogP contribution in [0.15, 0.2) is 34.1 Å². The first-order valence-electron chi connectivity index (χ1n) is 18.5. The largest absolute Gasteiger partial charge is 0.507 e. The quantitative estimate of drug-likeness (QED) is 0.160. The van der Waals surface area contributed by atoms with Gasteiger partial charge in [-0.2, -0.15) is 0 Å². The van der Waals surface area contributed by atoms with Crippen molar-refractivity contribution in [3.63, 3.8) is 0 Å². The smallest absolute Gasteiger partial charge is 0.206 e. The molecule has 0 bridgehead atoms. The minimum Gasteiger partial charge on any atom is -0.507 e. The van der Waals surface area contributed by atoms with Crippen LogP contribution in [0.25, 0.3) is 0 Å². The van der Waals surface area contributed by atoms with Gasteiger partial charge < -0.3 is 10.2 Å². The number of aromatic hydroxyl groups is 2. The Balaban J connectivity index is 2.95. The molecule has 2 aromatic carbocycles. The number of phenolic OH excluding ortho intramolecular Hbond substituents is 2. The summed E-state index contributed by atoms with van der Waals surface area (Å²) in [4.78, 5) is 9.35. The van der Waals surface area contributed by atoms with Crippen LogP contribution in [0.4, 0.5) is 0 Å². The van der Waals surface area contributed by atoms with E-state index in [0.29, 0.717) is 48.4 Å². The third-order valence-electron chi connectivity index (χ3n) is 9.82. The monoisotopic (exact) mass is 703 g/mol. The van der Waals surface area contributed by atoms with E-state index in [1.54, 1.807) is 24.3 Å². The molecule has 0 aliphatic carbocycles. The van der Waals surface area contributed by atoms with Gasteiger partial charge in [0.05, 0.1) is 9.79 Å². The van der Waals surface area contributed by atoms with Crippen LogP contribution in [0.3, 0.4) is 0 Å². The number of hydrogen-bond donors (Lipinski definition) is 2. The van der Waals surface area contributed by atoms with Crippen LogP contribution < -0.4 is 0 Å². The molecular weight excluding hydrogens is 633 g/mol. The number of nitrogens with zero attached hydrogens (tertiary/aromatic N) is 4. The van der Waals surface area contributed by atoms with Crippen LogP contribution >= 0.6 is 0 Å². The summed E-state index contributed by atoms with van der Waals surface area (Å²) in [5, 5.41) is 23.4. The van der Waals surface area contributed by atoms with Crippen molar-refractivity contribution in [2.75, 3.05) is 0 Å². The zero-order chi connectivity index (χ0) is 37.7. The summed E-state index contributed by atoms with van der Waals surface area (Å²) in [6.07, 6.45) is 0. The molecule has 0 saturated carbocycles. The van der Waals surface area contributed by atoms with Crippen LogP contribution in [-0.2, 0) is 36.0 Å². The summed E-state index contributed by atoms with van der Waals surface area (Å²) >= 11 is 0. The lowest BCUT2D eigenvalue weighted by Crippen LogP contribution is -2.37. The summed E-state index contributed by atoms with van der Waals surface area (Å²) in [5.74, 6) is 0.301. The third kappa shape index (κ3) is 10.9. The maximum Gasteiger partial charge on any atom is 0.206 e. The van der Waals surface area contributed by atoms with Crippen LogP contribution in [-0.4, -0.2) is 86.6 Å². The molecule has 0 aliphatic heterocycles. The van der Waals surface area contributed by atoms with Crippen molar-refractivity contribution in [2.24, 2.45) is 0 Å². The van der Waals surface area contributed by atoms with E-state index in [9.17, 15) is 18.6 Å². The van der Waals surface area contributed by atoms with Gasteiger partial charge in [0.25, 0.3) is 0 Å². The highest BCUT2D eigenvalue weighted by atomic mass is 32.2. The molecule has 0 radical (unpaired) electrons. The lowest BCUT2D eigenvalue weighted by molar-refractivity contribution is 0.159. The fourth-order valence-electron chi connectivity index (χ4n) is 7.02. The molecular formula is C40H70N4O4S. The summed E-state index contributed by atoms with van der Waals surface area (Å²) in [6, 6.07) is 8.23. The Kier molecular flexibility index (Phi) is 15.7. The topological polar surface area (TPSA) is 87.6 Å². The van der Waals surface area contributed by atoms with Crippen molar-refractivity contribution in [1.82, 2.24) is 19.6 Å². The number of sulfone groups is 1. The number of hydrogen-bond acceptors (Lipinski definition) is 8.